The van der Waals surface area contributed by atoms with Crippen LogP contribution in [0.1, 0.15) is 21.5 Å². The fraction of sp³-hybridized carbons (Fsp3) is 0.0714. The summed E-state index contributed by atoms with van der Waals surface area (Å²) in [7, 11) is 0. The van der Waals surface area contributed by atoms with Gasteiger partial charge in [0.15, 0.2) is 5.78 Å². The molecule has 0 aromatic heterocycles. The quantitative estimate of drug-likeness (QED) is 0.668. The highest BCUT2D eigenvalue weighted by atomic mass is 35.5. The predicted octanol–water partition coefficient (Wildman–Crippen LogP) is 4.17. The van der Waals surface area contributed by atoms with E-state index in [0.717, 1.165) is 12.1 Å². The van der Waals surface area contributed by atoms with Crippen LogP contribution in [0.5, 0.6) is 0 Å². The van der Waals surface area contributed by atoms with Gasteiger partial charge in [-0.05, 0) is 24.3 Å². The first kappa shape index (κ1) is 14.4. The van der Waals surface area contributed by atoms with Crippen molar-refractivity contribution in [1.82, 2.24) is 0 Å². The van der Waals surface area contributed by atoms with Gasteiger partial charge in [0.05, 0.1) is 16.3 Å². The molecule has 0 amide bonds. The number of benzene rings is 2. The molecule has 0 radical (unpaired) electrons. The Morgan fingerprint density at radius 3 is 2.35 bits per heavy atom. The largest absolute Gasteiger partial charge is 0.417 e. The molecule has 0 bridgehead atoms. The number of nitrogen functional groups attached to an aromatic ring is 1. The van der Waals surface area contributed by atoms with Crippen molar-refractivity contribution in [2.24, 2.45) is 0 Å². The second kappa shape index (κ2) is 5.17. The SMILES string of the molecule is Nc1cc(C(=O)c2ccccc2C(F)(F)F)ccc1Cl. The fourth-order valence-corrected chi connectivity index (χ4v) is 1.89. The molecule has 2 N–H and O–H groups in total. The molecule has 0 saturated heterocycles. The highest BCUT2D eigenvalue weighted by Gasteiger charge is 2.34. The number of nitrogens with two attached hydrogens (primary N) is 1. The maximum atomic E-state index is 12.9. The number of anilines is 1. The Morgan fingerprint density at radius 1 is 1.10 bits per heavy atom. The Balaban J connectivity index is 2.51. The molecule has 0 aliphatic carbocycles. The minimum atomic E-state index is -4.59. The minimum absolute atomic E-state index is 0.0589. The van der Waals surface area contributed by atoms with E-state index in [9.17, 15) is 18.0 Å². The van der Waals surface area contributed by atoms with Crippen LogP contribution < -0.4 is 5.73 Å². The molecular formula is C14H9ClF3NO. The number of ketones is 1. The summed E-state index contributed by atoms with van der Waals surface area (Å²) in [6, 6.07) is 8.59. The summed E-state index contributed by atoms with van der Waals surface area (Å²) in [5.41, 5.74) is 4.36. The van der Waals surface area contributed by atoms with E-state index in [1.807, 2.05) is 0 Å². The summed E-state index contributed by atoms with van der Waals surface area (Å²) in [6.07, 6.45) is -4.59. The average Bonchev–Trinajstić information content (AvgIpc) is 2.40. The van der Waals surface area contributed by atoms with Gasteiger partial charge in [-0.15, -0.1) is 0 Å². The molecule has 0 saturated carbocycles. The number of alkyl halides is 3. The third-order valence-corrected chi connectivity index (χ3v) is 3.08. The zero-order valence-corrected chi connectivity index (χ0v) is 10.8. The van der Waals surface area contributed by atoms with Crippen molar-refractivity contribution >= 4 is 23.1 Å². The van der Waals surface area contributed by atoms with E-state index in [-0.39, 0.29) is 16.3 Å². The lowest BCUT2D eigenvalue weighted by molar-refractivity contribution is -0.137. The Hall–Kier alpha value is -2.01. The van der Waals surface area contributed by atoms with Crippen LogP contribution in [0.25, 0.3) is 0 Å². The number of hydrogen-bond donors (Lipinski definition) is 1. The van der Waals surface area contributed by atoms with Gasteiger partial charge in [0.25, 0.3) is 0 Å². The molecule has 2 rings (SSSR count). The summed E-state index contributed by atoms with van der Waals surface area (Å²) in [5, 5.41) is 0.241. The number of carbonyl (C=O) groups excluding carboxylic acids is 1. The summed E-state index contributed by atoms with van der Waals surface area (Å²) >= 11 is 5.72. The number of rotatable bonds is 2. The van der Waals surface area contributed by atoms with Crippen molar-refractivity contribution in [3.05, 3.63) is 64.2 Å². The fourth-order valence-electron chi connectivity index (χ4n) is 1.77. The van der Waals surface area contributed by atoms with E-state index in [1.54, 1.807) is 0 Å². The van der Waals surface area contributed by atoms with Crippen molar-refractivity contribution in [1.29, 1.82) is 0 Å². The van der Waals surface area contributed by atoms with Crippen molar-refractivity contribution in [2.45, 2.75) is 6.18 Å². The summed E-state index contributed by atoms with van der Waals surface area (Å²) < 4.78 is 38.6. The van der Waals surface area contributed by atoms with E-state index < -0.39 is 23.1 Å². The number of halogens is 4. The van der Waals surface area contributed by atoms with Crippen LogP contribution in [0, 0.1) is 0 Å². The molecular weight excluding hydrogens is 291 g/mol. The van der Waals surface area contributed by atoms with Crippen LogP contribution >= 0.6 is 11.6 Å². The van der Waals surface area contributed by atoms with Gasteiger partial charge < -0.3 is 5.73 Å². The molecule has 0 fully saturated rings. The summed E-state index contributed by atoms with van der Waals surface area (Å²) in [6.45, 7) is 0. The Labute approximate surface area is 118 Å². The molecule has 6 heteroatoms. The first-order valence-corrected chi connectivity index (χ1v) is 5.94. The van der Waals surface area contributed by atoms with Crippen LogP contribution in [0.4, 0.5) is 18.9 Å². The van der Waals surface area contributed by atoms with Crippen LogP contribution in [0.3, 0.4) is 0 Å². The maximum Gasteiger partial charge on any atom is 0.417 e. The normalized spacial score (nSPS) is 11.4. The first-order chi connectivity index (χ1) is 9.30. The average molecular weight is 300 g/mol. The summed E-state index contributed by atoms with van der Waals surface area (Å²) in [4.78, 5) is 12.2. The minimum Gasteiger partial charge on any atom is -0.398 e. The topological polar surface area (TPSA) is 43.1 Å². The van der Waals surface area contributed by atoms with Gasteiger partial charge in [0.2, 0.25) is 0 Å². The molecule has 20 heavy (non-hydrogen) atoms. The third kappa shape index (κ3) is 2.77. The van der Waals surface area contributed by atoms with E-state index >= 15 is 0 Å². The molecule has 0 aliphatic heterocycles. The smallest absolute Gasteiger partial charge is 0.398 e. The van der Waals surface area contributed by atoms with Gasteiger partial charge in [0, 0.05) is 11.1 Å². The molecule has 0 spiro atoms. The van der Waals surface area contributed by atoms with Crippen molar-refractivity contribution in [2.75, 3.05) is 5.73 Å². The van der Waals surface area contributed by atoms with Crippen LogP contribution in [-0.2, 0) is 6.18 Å². The van der Waals surface area contributed by atoms with Crippen molar-refractivity contribution in [3.63, 3.8) is 0 Å². The van der Waals surface area contributed by atoms with E-state index in [2.05, 4.69) is 0 Å². The van der Waals surface area contributed by atoms with E-state index in [4.69, 9.17) is 17.3 Å². The van der Waals surface area contributed by atoms with Gasteiger partial charge in [-0.1, -0.05) is 29.8 Å². The second-order valence-electron chi connectivity index (χ2n) is 4.11. The Bertz CT molecular complexity index is 668. The van der Waals surface area contributed by atoms with Gasteiger partial charge in [0.1, 0.15) is 0 Å². The first-order valence-electron chi connectivity index (χ1n) is 5.56. The molecule has 2 aromatic rings. The van der Waals surface area contributed by atoms with Gasteiger partial charge in [-0.2, -0.15) is 13.2 Å². The van der Waals surface area contributed by atoms with Crippen LogP contribution in [0.15, 0.2) is 42.5 Å². The number of carbonyl (C=O) groups is 1. The lowest BCUT2D eigenvalue weighted by atomic mass is 9.98. The molecule has 0 aliphatic rings. The lowest BCUT2D eigenvalue weighted by Crippen LogP contribution is -2.13. The molecule has 2 nitrogen and oxygen atoms in total. The standard InChI is InChI=1S/C14H9ClF3NO/c15-11-6-5-8(7-12(11)19)13(20)9-3-1-2-4-10(9)14(16,17)18/h1-7H,19H2. The molecule has 2 aromatic carbocycles. The van der Waals surface area contributed by atoms with Gasteiger partial charge in [-0.25, -0.2) is 0 Å². The highest BCUT2D eigenvalue weighted by molar-refractivity contribution is 6.33. The lowest BCUT2D eigenvalue weighted by Gasteiger charge is -2.12. The molecule has 0 unspecified atom stereocenters. The molecule has 104 valence electrons. The predicted molar refractivity (Wildman–Crippen MR) is 70.7 cm³/mol. The van der Waals surface area contributed by atoms with E-state index in [0.29, 0.717) is 0 Å². The van der Waals surface area contributed by atoms with Gasteiger partial charge in [-0.3, -0.25) is 4.79 Å². The zero-order valence-electron chi connectivity index (χ0n) is 10.0. The van der Waals surface area contributed by atoms with Crippen LogP contribution in [0.2, 0.25) is 5.02 Å². The molecule has 0 heterocycles. The number of hydrogen-bond acceptors (Lipinski definition) is 2. The van der Waals surface area contributed by atoms with Crippen LogP contribution in [-0.4, -0.2) is 5.78 Å². The zero-order chi connectivity index (χ0) is 14.9. The van der Waals surface area contributed by atoms with E-state index in [1.165, 1.54) is 30.3 Å². The third-order valence-electron chi connectivity index (χ3n) is 2.74. The van der Waals surface area contributed by atoms with Crippen molar-refractivity contribution in [3.8, 4) is 0 Å². The summed E-state index contributed by atoms with van der Waals surface area (Å²) in [5.74, 6) is -0.749. The highest BCUT2D eigenvalue weighted by Crippen LogP contribution is 2.33. The maximum absolute atomic E-state index is 12.9. The monoisotopic (exact) mass is 299 g/mol. The molecule has 0 atom stereocenters. The van der Waals surface area contributed by atoms with Crippen molar-refractivity contribution < 1.29 is 18.0 Å². The Morgan fingerprint density at radius 2 is 1.75 bits per heavy atom. The Kier molecular flexibility index (Phi) is 3.72. The van der Waals surface area contributed by atoms with Gasteiger partial charge >= 0.3 is 6.18 Å². The second-order valence-corrected chi connectivity index (χ2v) is 4.52.